The van der Waals surface area contributed by atoms with Gasteiger partial charge in [-0.25, -0.2) is 0 Å². The van der Waals surface area contributed by atoms with Gasteiger partial charge in [-0.3, -0.25) is 0 Å². The molecular weight excluding hydrogens is 190 g/mol. The van der Waals surface area contributed by atoms with E-state index in [0.29, 0.717) is 5.92 Å². The molecule has 0 saturated carbocycles. The molecule has 1 nitrogen and oxygen atoms in total. The quantitative estimate of drug-likeness (QED) is 0.710. The molecular formula is C12H21NS. The normalized spacial score (nSPS) is 13.1. The summed E-state index contributed by atoms with van der Waals surface area (Å²) in [5.74, 6) is 0.698. The van der Waals surface area contributed by atoms with Crippen LogP contribution >= 0.6 is 11.3 Å². The van der Waals surface area contributed by atoms with Crippen LogP contribution in [0.25, 0.3) is 0 Å². The summed E-state index contributed by atoms with van der Waals surface area (Å²) in [5.41, 5.74) is 1.51. The zero-order valence-corrected chi connectivity index (χ0v) is 10.3. The van der Waals surface area contributed by atoms with E-state index < -0.39 is 0 Å². The number of rotatable bonds is 6. The Balaban J connectivity index is 2.25. The van der Waals surface area contributed by atoms with Crippen LogP contribution in [0.4, 0.5) is 0 Å². The first kappa shape index (κ1) is 11.7. The van der Waals surface area contributed by atoms with Crippen LogP contribution in [0.15, 0.2) is 11.4 Å². The molecule has 2 heteroatoms. The molecule has 80 valence electrons. The van der Waals surface area contributed by atoms with Gasteiger partial charge in [-0.2, -0.15) is 0 Å². The van der Waals surface area contributed by atoms with E-state index in [9.17, 15) is 0 Å². The molecule has 0 aliphatic rings. The average molecular weight is 211 g/mol. The lowest BCUT2D eigenvalue weighted by molar-refractivity contribution is 0.591. The van der Waals surface area contributed by atoms with Gasteiger partial charge in [0, 0.05) is 4.88 Å². The fourth-order valence-electron chi connectivity index (χ4n) is 1.51. The van der Waals surface area contributed by atoms with E-state index in [0.717, 1.165) is 13.1 Å². The molecule has 1 rings (SSSR count). The third-order valence-corrected chi connectivity index (χ3v) is 3.38. The Kier molecular flexibility index (Phi) is 5.20. The molecule has 14 heavy (non-hydrogen) atoms. The van der Waals surface area contributed by atoms with Crippen molar-refractivity contribution in [3.8, 4) is 0 Å². The summed E-state index contributed by atoms with van der Waals surface area (Å²) in [6, 6.07) is 2.31. The first-order valence-corrected chi connectivity index (χ1v) is 6.37. The maximum absolute atomic E-state index is 3.45. The van der Waals surface area contributed by atoms with Gasteiger partial charge in [-0.05, 0) is 55.8 Å². The first-order valence-electron chi connectivity index (χ1n) is 5.49. The van der Waals surface area contributed by atoms with Crippen molar-refractivity contribution >= 4 is 11.3 Å². The Morgan fingerprint density at radius 2 is 2.21 bits per heavy atom. The van der Waals surface area contributed by atoms with Crippen LogP contribution in [-0.4, -0.2) is 13.1 Å². The van der Waals surface area contributed by atoms with Gasteiger partial charge in [0.1, 0.15) is 0 Å². The Hall–Kier alpha value is -0.340. The summed E-state index contributed by atoms with van der Waals surface area (Å²) in [5, 5.41) is 5.74. The lowest BCUT2D eigenvalue weighted by atomic mass is 10.0. The highest BCUT2D eigenvalue weighted by Crippen LogP contribution is 2.23. The highest BCUT2D eigenvalue weighted by Gasteiger charge is 2.06. The lowest BCUT2D eigenvalue weighted by Crippen LogP contribution is -2.17. The molecule has 0 saturated heterocycles. The molecule has 1 heterocycles. The zero-order chi connectivity index (χ0) is 10.4. The van der Waals surface area contributed by atoms with Crippen molar-refractivity contribution in [3.63, 3.8) is 0 Å². The molecule has 0 radical (unpaired) electrons. The van der Waals surface area contributed by atoms with E-state index in [4.69, 9.17) is 0 Å². The third kappa shape index (κ3) is 3.81. The molecule has 0 fully saturated rings. The molecule has 1 aromatic rings. The molecule has 0 spiro atoms. The Bertz CT molecular complexity index is 255. The summed E-state index contributed by atoms with van der Waals surface area (Å²) in [7, 11) is 0. The number of thiophene rings is 1. The average Bonchev–Trinajstić information content (AvgIpc) is 2.59. The van der Waals surface area contributed by atoms with E-state index >= 15 is 0 Å². The fourth-order valence-corrected chi connectivity index (χ4v) is 2.34. The zero-order valence-electron chi connectivity index (χ0n) is 9.47. The second-order valence-electron chi connectivity index (χ2n) is 3.93. The number of aryl methyl sites for hydroxylation is 1. The van der Waals surface area contributed by atoms with Crippen LogP contribution in [0.1, 0.15) is 43.0 Å². The van der Waals surface area contributed by atoms with Crippen molar-refractivity contribution in [2.45, 2.75) is 39.5 Å². The van der Waals surface area contributed by atoms with Crippen LogP contribution in [0.3, 0.4) is 0 Å². The van der Waals surface area contributed by atoms with Crippen molar-refractivity contribution in [2.24, 2.45) is 0 Å². The number of hydrogen-bond acceptors (Lipinski definition) is 2. The Morgan fingerprint density at radius 3 is 2.79 bits per heavy atom. The molecule has 0 bridgehead atoms. The smallest absolute Gasteiger partial charge is 0.00171 e. The second-order valence-corrected chi connectivity index (χ2v) is 5.05. The summed E-state index contributed by atoms with van der Waals surface area (Å²) in [6.07, 6.45) is 2.47. The highest BCUT2D eigenvalue weighted by molar-refractivity contribution is 7.10. The molecule has 0 aliphatic heterocycles. The predicted molar refractivity (Wildman–Crippen MR) is 65.2 cm³/mol. The largest absolute Gasteiger partial charge is 0.317 e. The van der Waals surface area contributed by atoms with Gasteiger partial charge < -0.3 is 5.32 Å². The summed E-state index contributed by atoms with van der Waals surface area (Å²) >= 11 is 1.86. The fraction of sp³-hybridized carbons (Fsp3) is 0.667. The highest BCUT2D eigenvalue weighted by atomic mass is 32.1. The molecule has 1 unspecified atom stereocenters. The molecule has 1 atom stereocenters. The maximum atomic E-state index is 3.45. The lowest BCUT2D eigenvalue weighted by Gasteiger charge is -2.09. The van der Waals surface area contributed by atoms with E-state index in [1.54, 1.807) is 0 Å². The van der Waals surface area contributed by atoms with Crippen LogP contribution < -0.4 is 5.32 Å². The summed E-state index contributed by atoms with van der Waals surface area (Å²) in [4.78, 5) is 1.42. The second kappa shape index (κ2) is 6.20. The Labute approximate surface area is 91.5 Å². The van der Waals surface area contributed by atoms with Crippen LogP contribution in [0.5, 0.6) is 0 Å². The molecule has 0 amide bonds. The minimum atomic E-state index is 0.698. The van der Waals surface area contributed by atoms with Crippen LogP contribution in [0.2, 0.25) is 0 Å². The standard InChI is InChI=1S/C12H21NS/c1-4-6-13-7-5-10(2)12-8-11(3)14-9-12/h8-10,13H,4-7H2,1-3H3. The molecule has 0 aliphatic carbocycles. The van der Waals surface area contributed by atoms with Gasteiger partial charge in [0.25, 0.3) is 0 Å². The summed E-state index contributed by atoms with van der Waals surface area (Å²) in [6.45, 7) is 8.99. The topological polar surface area (TPSA) is 12.0 Å². The van der Waals surface area contributed by atoms with E-state index in [-0.39, 0.29) is 0 Å². The Morgan fingerprint density at radius 1 is 1.43 bits per heavy atom. The van der Waals surface area contributed by atoms with E-state index in [2.05, 4.69) is 37.5 Å². The van der Waals surface area contributed by atoms with Gasteiger partial charge in [-0.15, -0.1) is 11.3 Å². The van der Waals surface area contributed by atoms with E-state index in [1.807, 2.05) is 11.3 Å². The van der Waals surface area contributed by atoms with Gasteiger partial charge in [0.2, 0.25) is 0 Å². The third-order valence-electron chi connectivity index (χ3n) is 2.50. The van der Waals surface area contributed by atoms with Crippen molar-refractivity contribution in [3.05, 3.63) is 21.9 Å². The van der Waals surface area contributed by atoms with Crippen LogP contribution in [-0.2, 0) is 0 Å². The van der Waals surface area contributed by atoms with Crippen molar-refractivity contribution in [1.82, 2.24) is 5.32 Å². The molecule has 1 N–H and O–H groups in total. The minimum absolute atomic E-state index is 0.698. The van der Waals surface area contributed by atoms with Gasteiger partial charge in [0.15, 0.2) is 0 Å². The monoisotopic (exact) mass is 211 g/mol. The van der Waals surface area contributed by atoms with Crippen molar-refractivity contribution < 1.29 is 0 Å². The predicted octanol–water partition coefficient (Wildman–Crippen LogP) is 3.55. The van der Waals surface area contributed by atoms with Gasteiger partial charge in [0.05, 0.1) is 0 Å². The van der Waals surface area contributed by atoms with Gasteiger partial charge >= 0.3 is 0 Å². The van der Waals surface area contributed by atoms with Gasteiger partial charge in [-0.1, -0.05) is 13.8 Å². The molecule has 0 aromatic carbocycles. The van der Waals surface area contributed by atoms with Crippen molar-refractivity contribution in [2.75, 3.05) is 13.1 Å². The first-order chi connectivity index (χ1) is 6.74. The number of nitrogens with one attached hydrogen (secondary N) is 1. The summed E-state index contributed by atoms with van der Waals surface area (Å²) < 4.78 is 0. The van der Waals surface area contributed by atoms with Crippen molar-refractivity contribution in [1.29, 1.82) is 0 Å². The van der Waals surface area contributed by atoms with Crippen LogP contribution in [0, 0.1) is 6.92 Å². The SMILES string of the molecule is CCCNCCC(C)c1csc(C)c1. The minimum Gasteiger partial charge on any atom is -0.317 e. The number of hydrogen-bond donors (Lipinski definition) is 1. The maximum Gasteiger partial charge on any atom is 0.00171 e. The van der Waals surface area contributed by atoms with E-state index in [1.165, 1.54) is 23.3 Å². The molecule has 1 aromatic heterocycles.